The third-order valence-corrected chi connectivity index (χ3v) is 8.79. The van der Waals surface area contributed by atoms with Crippen molar-refractivity contribution >= 4 is 49.1 Å². The van der Waals surface area contributed by atoms with Crippen molar-refractivity contribution in [1.82, 2.24) is 8.87 Å². The zero-order valence-electron chi connectivity index (χ0n) is 17.9. The molecule has 0 bridgehead atoms. The molecule has 0 aliphatic carbocycles. The number of nitrogens with zero attached hydrogens (tertiary/aromatic N) is 3. The van der Waals surface area contributed by atoms with Gasteiger partial charge in [0.1, 0.15) is 5.75 Å². The van der Waals surface area contributed by atoms with Crippen molar-refractivity contribution in [1.29, 1.82) is 0 Å². The lowest BCUT2D eigenvalue weighted by Gasteiger charge is -2.29. The smallest absolute Gasteiger partial charge is 0.251 e. The Kier molecular flexibility index (Phi) is 6.91. The van der Waals surface area contributed by atoms with Crippen molar-refractivity contribution < 1.29 is 17.9 Å². The first-order valence-corrected chi connectivity index (χ1v) is 12.9. The number of halogens is 1. The highest BCUT2D eigenvalue weighted by atomic mass is 35.5. The molecule has 10 heteroatoms. The number of ether oxygens (including phenoxy) is 1. The Labute approximate surface area is 201 Å². The third kappa shape index (κ3) is 4.84. The van der Waals surface area contributed by atoms with Gasteiger partial charge in [-0.1, -0.05) is 28.9 Å². The van der Waals surface area contributed by atoms with E-state index in [0.717, 1.165) is 10.2 Å². The molecule has 1 aromatic heterocycles. The van der Waals surface area contributed by atoms with E-state index in [1.165, 1.54) is 34.9 Å². The minimum atomic E-state index is -3.63. The fourth-order valence-electron chi connectivity index (χ4n) is 3.80. The number of carbonyl (C=O) groups excluding carboxylic acids is 1. The van der Waals surface area contributed by atoms with Crippen molar-refractivity contribution in [2.75, 3.05) is 20.2 Å². The van der Waals surface area contributed by atoms with E-state index >= 15 is 0 Å². The van der Waals surface area contributed by atoms with E-state index in [0.29, 0.717) is 28.4 Å². The SMILES string of the molecule is C#CCn1c(=NC(=O)C2CCN(S(=O)(=O)c3ccc(OC)cc3)CC2)sc2cc(Cl)ccc21. The van der Waals surface area contributed by atoms with E-state index in [1.54, 1.807) is 18.2 Å². The lowest BCUT2D eigenvalue weighted by Crippen LogP contribution is -2.40. The summed E-state index contributed by atoms with van der Waals surface area (Å²) < 4.78 is 35.1. The Hall–Kier alpha value is -2.64. The summed E-state index contributed by atoms with van der Waals surface area (Å²) in [5.74, 6) is 2.58. The van der Waals surface area contributed by atoms with Gasteiger partial charge in [0.2, 0.25) is 10.0 Å². The van der Waals surface area contributed by atoms with Crippen LogP contribution in [-0.2, 0) is 21.4 Å². The summed E-state index contributed by atoms with van der Waals surface area (Å²) in [4.78, 5) is 18.0. The van der Waals surface area contributed by atoms with Gasteiger partial charge in [-0.2, -0.15) is 9.30 Å². The molecule has 0 atom stereocenters. The number of carbonyl (C=O) groups is 1. The van der Waals surface area contributed by atoms with Crippen molar-refractivity contribution in [2.45, 2.75) is 24.3 Å². The molecular formula is C23H22ClN3O4S2. The van der Waals surface area contributed by atoms with Crippen LogP contribution in [0, 0.1) is 18.3 Å². The number of piperidine rings is 1. The molecule has 1 aliphatic heterocycles. The summed E-state index contributed by atoms with van der Waals surface area (Å²) in [7, 11) is -2.11. The predicted octanol–water partition coefficient (Wildman–Crippen LogP) is 3.53. The monoisotopic (exact) mass is 503 g/mol. The number of benzene rings is 2. The Balaban J connectivity index is 1.51. The molecule has 0 unspecified atom stereocenters. The normalized spacial score (nSPS) is 16.1. The van der Waals surface area contributed by atoms with Gasteiger partial charge < -0.3 is 9.30 Å². The number of methoxy groups -OCH3 is 1. The van der Waals surface area contributed by atoms with Crippen LogP contribution in [0.2, 0.25) is 5.02 Å². The molecule has 7 nitrogen and oxygen atoms in total. The molecular weight excluding hydrogens is 482 g/mol. The average Bonchev–Trinajstić information content (AvgIpc) is 3.15. The summed E-state index contributed by atoms with van der Waals surface area (Å²) in [5.41, 5.74) is 0.870. The predicted molar refractivity (Wildman–Crippen MR) is 129 cm³/mol. The summed E-state index contributed by atoms with van der Waals surface area (Å²) in [6.07, 6.45) is 6.33. The van der Waals surface area contributed by atoms with E-state index in [2.05, 4.69) is 10.9 Å². The molecule has 2 heterocycles. The molecule has 2 aromatic carbocycles. The zero-order valence-corrected chi connectivity index (χ0v) is 20.3. The molecule has 1 fully saturated rings. The zero-order chi connectivity index (χ0) is 23.6. The maximum absolute atomic E-state index is 12.9. The number of rotatable bonds is 5. The van der Waals surface area contributed by atoms with Gasteiger partial charge in [0.05, 0.1) is 28.8 Å². The van der Waals surface area contributed by atoms with Gasteiger partial charge in [-0.3, -0.25) is 4.79 Å². The Bertz CT molecular complexity index is 1390. The van der Waals surface area contributed by atoms with Gasteiger partial charge in [-0.05, 0) is 55.3 Å². The van der Waals surface area contributed by atoms with Crippen LogP contribution in [0.5, 0.6) is 5.75 Å². The van der Waals surface area contributed by atoms with Gasteiger partial charge in [0.25, 0.3) is 5.91 Å². The second-order valence-electron chi connectivity index (χ2n) is 7.59. The van der Waals surface area contributed by atoms with Gasteiger partial charge in [0.15, 0.2) is 4.80 Å². The number of sulfonamides is 1. The number of amides is 1. The largest absolute Gasteiger partial charge is 0.497 e. The fraction of sp³-hybridized carbons (Fsp3) is 0.304. The molecule has 0 radical (unpaired) electrons. The number of thiazole rings is 1. The molecule has 3 aromatic rings. The first-order valence-electron chi connectivity index (χ1n) is 10.3. The Morgan fingerprint density at radius 1 is 1.24 bits per heavy atom. The lowest BCUT2D eigenvalue weighted by atomic mass is 9.98. The molecule has 0 spiro atoms. The quantitative estimate of drug-likeness (QED) is 0.499. The minimum absolute atomic E-state index is 0.206. The Morgan fingerprint density at radius 2 is 1.94 bits per heavy atom. The second kappa shape index (κ2) is 9.69. The molecule has 0 saturated carbocycles. The van der Waals surface area contributed by atoms with Crippen molar-refractivity contribution in [3.8, 4) is 18.1 Å². The minimum Gasteiger partial charge on any atom is -0.497 e. The van der Waals surface area contributed by atoms with Crippen LogP contribution in [0.1, 0.15) is 12.8 Å². The number of terminal acetylenes is 1. The molecule has 33 heavy (non-hydrogen) atoms. The van der Waals surface area contributed by atoms with Gasteiger partial charge in [-0.15, -0.1) is 6.42 Å². The summed E-state index contributed by atoms with van der Waals surface area (Å²) >= 11 is 7.45. The Morgan fingerprint density at radius 3 is 2.58 bits per heavy atom. The molecule has 1 aliphatic rings. The number of aromatic nitrogens is 1. The lowest BCUT2D eigenvalue weighted by molar-refractivity contribution is -0.122. The second-order valence-corrected chi connectivity index (χ2v) is 11.0. The highest BCUT2D eigenvalue weighted by molar-refractivity contribution is 7.89. The van der Waals surface area contributed by atoms with Crippen LogP contribution >= 0.6 is 22.9 Å². The van der Waals surface area contributed by atoms with E-state index in [9.17, 15) is 13.2 Å². The first kappa shape index (κ1) is 23.5. The van der Waals surface area contributed by atoms with Crippen LogP contribution in [0.4, 0.5) is 0 Å². The van der Waals surface area contributed by atoms with Gasteiger partial charge >= 0.3 is 0 Å². The van der Waals surface area contributed by atoms with Crippen molar-refractivity contribution in [2.24, 2.45) is 10.9 Å². The first-order chi connectivity index (χ1) is 15.8. The number of hydrogen-bond donors (Lipinski definition) is 0. The third-order valence-electron chi connectivity index (χ3n) is 5.60. The van der Waals surface area contributed by atoms with E-state index < -0.39 is 10.0 Å². The summed E-state index contributed by atoms with van der Waals surface area (Å²) in [6.45, 7) is 0.797. The van der Waals surface area contributed by atoms with Crippen LogP contribution in [0.15, 0.2) is 52.4 Å². The van der Waals surface area contributed by atoms with Gasteiger partial charge in [0, 0.05) is 24.0 Å². The molecule has 172 valence electrons. The van der Waals surface area contributed by atoms with E-state index in [-0.39, 0.29) is 36.4 Å². The van der Waals surface area contributed by atoms with E-state index in [1.807, 2.05) is 16.7 Å². The molecule has 1 saturated heterocycles. The highest BCUT2D eigenvalue weighted by Crippen LogP contribution is 2.26. The fourth-order valence-corrected chi connectivity index (χ4v) is 6.58. The maximum Gasteiger partial charge on any atom is 0.251 e. The number of hydrogen-bond acceptors (Lipinski definition) is 5. The molecule has 1 amide bonds. The molecule has 0 N–H and O–H groups in total. The molecule has 4 rings (SSSR count). The van der Waals surface area contributed by atoms with Gasteiger partial charge in [-0.25, -0.2) is 8.42 Å². The van der Waals surface area contributed by atoms with Crippen molar-refractivity contribution in [3.63, 3.8) is 0 Å². The van der Waals surface area contributed by atoms with Crippen molar-refractivity contribution in [3.05, 3.63) is 52.3 Å². The topological polar surface area (TPSA) is 81.0 Å². The standard InChI is InChI=1S/C23H22ClN3O4S2/c1-3-12-27-20-9-4-17(24)15-21(20)32-23(27)25-22(28)16-10-13-26(14-11-16)33(29,30)19-7-5-18(31-2)6-8-19/h1,4-9,15-16H,10-14H2,2H3. The van der Waals surface area contributed by atoms with Crippen LogP contribution in [0.25, 0.3) is 10.2 Å². The van der Waals surface area contributed by atoms with Crippen LogP contribution < -0.4 is 9.54 Å². The number of fused-ring (bicyclic) bond motifs is 1. The average molecular weight is 504 g/mol. The maximum atomic E-state index is 12.9. The van der Waals surface area contributed by atoms with E-state index in [4.69, 9.17) is 22.8 Å². The van der Waals surface area contributed by atoms with Crippen LogP contribution in [0.3, 0.4) is 0 Å². The highest BCUT2D eigenvalue weighted by Gasteiger charge is 2.32. The summed E-state index contributed by atoms with van der Waals surface area (Å²) in [6, 6.07) is 11.7. The van der Waals surface area contributed by atoms with Crippen LogP contribution in [-0.4, -0.2) is 43.4 Å². The summed E-state index contributed by atoms with van der Waals surface area (Å²) in [5, 5.41) is 0.597.